The number of methoxy groups -OCH3 is 1. The zero-order valence-electron chi connectivity index (χ0n) is 10.2. The molecule has 1 amide bonds. The maximum absolute atomic E-state index is 13.1. The molecule has 0 aliphatic heterocycles. The van der Waals surface area contributed by atoms with Crippen molar-refractivity contribution in [2.45, 2.75) is 19.3 Å². The zero-order chi connectivity index (χ0) is 13.4. The van der Waals surface area contributed by atoms with Crippen LogP contribution in [0.2, 0.25) is 0 Å². The summed E-state index contributed by atoms with van der Waals surface area (Å²) in [6, 6.07) is 6.00. The van der Waals surface area contributed by atoms with Crippen LogP contribution >= 0.6 is 0 Å². The highest BCUT2D eigenvalue weighted by Crippen LogP contribution is 2.17. The van der Waals surface area contributed by atoms with Crippen molar-refractivity contribution in [2.24, 2.45) is 0 Å². The molecule has 96 valence electrons. The minimum absolute atomic E-state index is 0.0483. The van der Waals surface area contributed by atoms with E-state index in [2.05, 4.69) is 5.32 Å². The Hall–Kier alpha value is -2.09. The quantitative estimate of drug-likeness (QED) is 0.788. The Bertz CT molecular complexity index is 455. The summed E-state index contributed by atoms with van der Waals surface area (Å²) in [6.45, 7) is 0.500. The van der Waals surface area contributed by atoms with E-state index in [0.29, 0.717) is 18.5 Å². The number of nitriles is 1. The third-order valence-corrected chi connectivity index (χ3v) is 2.41. The number of carbonyl (C=O) groups is 1. The first-order valence-corrected chi connectivity index (χ1v) is 5.67. The topological polar surface area (TPSA) is 62.1 Å². The molecule has 0 fully saturated rings. The van der Waals surface area contributed by atoms with Crippen LogP contribution in [0.4, 0.5) is 4.39 Å². The van der Waals surface area contributed by atoms with Crippen molar-refractivity contribution < 1.29 is 13.9 Å². The number of hydrogen-bond acceptors (Lipinski definition) is 3. The van der Waals surface area contributed by atoms with Crippen LogP contribution in [0, 0.1) is 17.1 Å². The van der Waals surface area contributed by atoms with Gasteiger partial charge >= 0.3 is 0 Å². The highest BCUT2D eigenvalue weighted by Gasteiger charge is 2.09. The molecule has 18 heavy (non-hydrogen) atoms. The van der Waals surface area contributed by atoms with Crippen molar-refractivity contribution in [2.75, 3.05) is 13.7 Å². The Balaban J connectivity index is 2.49. The van der Waals surface area contributed by atoms with Crippen molar-refractivity contribution in [3.05, 3.63) is 29.6 Å². The van der Waals surface area contributed by atoms with Gasteiger partial charge in [0.2, 0.25) is 0 Å². The number of rotatable bonds is 6. The molecule has 1 aromatic carbocycles. The second-order valence-electron chi connectivity index (χ2n) is 3.72. The lowest BCUT2D eigenvalue weighted by Gasteiger charge is -2.06. The van der Waals surface area contributed by atoms with Gasteiger partial charge in [0, 0.05) is 18.5 Å². The molecule has 5 heteroatoms. The van der Waals surface area contributed by atoms with E-state index >= 15 is 0 Å². The minimum atomic E-state index is -0.497. The van der Waals surface area contributed by atoms with Gasteiger partial charge < -0.3 is 10.1 Å². The fraction of sp³-hybridized carbons (Fsp3) is 0.385. The van der Waals surface area contributed by atoms with Gasteiger partial charge in [0.25, 0.3) is 5.91 Å². The van der Waals surface area contributed by atoms with E-state index in [1.807, 2.05) is 6.07 Å². The van der Waals surface area contributed by atoms with E-state index in [4.69, 9.17) is 10.00 Å². The summed E-state index contributed by atoms with van der Waals surface area (Å²) in [5, 5.41) is 11.1. The molecule has 0 aliphatic carbocycles. The standard InChI is InChI=1S/C13H15FN2O2/c1-18-12-9-10(5-6-11(12)14)13(17)16-8-4-2-3-7-15/h5-6,9H,2-4,8H2,1H3,(H,16,17). The van der Waals surface area contributed by atoms with Gasteiger partial charge in [-0.1, -0.05) is 0 Å². The van der Waals surface area contributed by atoms with E-state index < -0.39 is 5.82 Å². The lowest BCUT2D eigenvalue weighted by Crippen LogP contribution is -2.24. The summed E-state index contributed by atoms with van der Waals surface area (Å²) < 4.78 is 17.9. The number of nitrogens with one attached hydrogen (secondary N) is 1. The van der Waals surface area contributed by atoms with Crippen LogP contribution < -0.4 is 10.1 Å². The SMILES string of the molecule is COc1cc(C(=O)NCCCCC#N)ccc1F. The molecule has 1 rings (SSSR count). The van der Waals surface area contributed by atoms with Gasteiger partial charge in [-0.2, -0.15) is 5.26 Å². The molecular weight excluding hydrogens is 235 g/mol. The van der Waals surface area contributed by atoms with Gasteiger partial charge in [-0.05, 0) is 31.0 Å². The highest BCUT2D eigenvalue weighted by molar-refractivity contribution is 5.94. The third kappa shape index (κ3) is 4.06. The fourth-order valence-electron chi connectivity index (χ4n) is 1.43. The largest absolute Gasteiger partial charge is 0.494 e. The molecule has 0 bridgehead atoms. The predicted molar refractivity (Wildman–Crippen MR) is 64.7 cm³/mol. The smallest absolute Gasteiger partial charge is 0.251 e. The van der Waals surface area contributed by atoms with E-state index in [0.717, 1.165) is 12.8 Å². The highest BCUT2D eigenvalue weighted by atomic mass is 19.1. The maximum Gasteiger partial charge on any atom is 0.251 e. The van der Waals surface area contributed by atoms with Crippen molar-refractivity contribution >= 4 is 5.91 Å². The van der Waals surface area contributed by atoms with Crippen LogP contribution in [-0.4, -0.2) is 19.6 Å². The number of hydrogen-bond donors (Lipinski definition) is 1. The van der Waals surface area contributed by atoms with E-state index in [1.54, 1.807) is 0 Å². The maximum atomic E-state index is 13.1. The molecule has 0 saturated carbocycles. The molecule has 0 aromatic heterocycles. The lowest BCUT2D eigenvalue weighted by atomic mass is 10.2. The number of benzene rings is 1. The van der Waals surface area contributed by atoms with Gasteiger partial charge in [-0.15, -0.1) is 0 Å². The van der Waals surface area contributed by atoms with Crippen LogP contribution in [-0.2, 0) is 0 Å². The number of unbranched alkanes of at least 4 members (excludes halogenated alkanes) is 2. The predicted octanol–water partition coefficient (Wildman–Crippen LogP) is 2.26. The lowest BCUT2D eigenvalue weighted by molar-refractivity contribution is 0.0952. The molecule has 1 N–H and O–H groups in total. The summed E-state index contributed by atoms with van der Waals surface area (Å²) in [4.78, 5) is 11.7. The van der Waals surface area contributed by atoms with Gasteiger partial charge in [0.1, 0.15) is 0 Å². The summed E-state index contributed by atoms with van der Waals surface area (Å²) in [7, 11) is 1.35. The summed E-state index contributed by atoms with van der Waals surface area (Å²) >= 11 is 0. The molecule has 0 aliphatic rings. The molecular formula is C13H15FN2O2. The van der Waals surface area contributed by atoms with Crippen molar-refractivity contribution in [1.82, 2.24) is 5.32 Å². The number of ether oxygens (including phenoxy) is 1. The van der Waals surface area contributed by atoms with E-state index in [1.165, 1.54) is 25.3 Å². The fourth-order valence-corrected chi connectivity index (χ4v) is 1.43. The number of halogens is 1. The third-order valence-electron chi connectivity index (χ3n) is 2.41. The monoisotopic (exact) mass is 250 g/mol. The Morgan fingerprint density at radius 2 is 2.28 bits per heavy atom. The average molecular weight is 250 g/mol. The number of carbonyl (C=O) groups excluding carboxylic acids is 1. The normalized spacial score (nSPS) is 9.61. The average Bonchev–Trinajstić information content (AvgIpc) is 2.38. The Morgan fingerprint density at radius 1 is 1.50 bits per heavy atom. The summed E-state index contributed by atoms with van der Waals surface area (Å²) in [5.41, 5.74) is 0.355. The Kier molecular flexibility index (Phi) is 5.65. The second kappa shape index (κ2) is 7.28. The molecule has 0 radical (unpaired) electrons. The first-order valence-electron chi connectivity index (χ1n) is 5.67. The summed E-state index contributed by atoms with van der Waals surface area (Å²) in [5.74, 6) is -0.722. The molecule has 0 spiro atoms. The first kappa shape index (κ1) is 14.0. The van der Waals surface area contributed by atoms with Gasteiger partial charge in [-0.25, -0.2) is 4.39 Å². The Labute approximate surface area is 105 Å². The molecule has 0 unspecified atom stereocenters. The number of nitrogens with zero attached hydrogens (tertiary/aromatic N) is 1. The Morgan fingerprint density at radius 3 is 2.94 bits per heavy atom. The van der Waals surface area contributed by atoms with Crippen LogP contribution in [0.1, 0.15) is 29.6 Å². The van der Waals surface area contributed by atoms with E-state index in [9.17, 15) is 9.18 Å². The van der Waals surface area contributed by atoms with Crippen molar-refractivity contribution in [3.63, 3.8) is 0 Å². The molecule has 0 heterocycles. The minimum Gasteiger partial charge on any atom is -0.494 e. The van der Waals surface area contributed by atoms with Crippen LogP contribution in [0.25, 0.3) is 0 Å². The van der Waals surface area contributed by atoms with Gasteiger partial charge in [0.15, 0.2) is 11.6 Å². The first-order chi connectivity index (χ1) is 8.69. The van der Waals surface area contributed by atoms with Gasteiger partial charge in [0.05, 0.1) is 13.2 Å². The van der Waals surface area contributed by atoms with Crippen molar-refractivity contribution in [1.29, 1.82) is 5.26 Å². The molecule has 4 nitrogen and oxygen atoms in total. The van der Waals surface area contributed by atoms with Gasteiger partial charge in [-0.3, -0.25) is 4.79 Å². The second-order valence-corrected chi connectivity index (χ2v) is 3.72. The molecule has 0 saturated heterocycles. The molecule has 0 atom stereocenters. The van der Waals surface area contributed by atoms with Crippen LogP contribution in [0.3, 0.4) is 0 Å². The van der Waals surface area contributed by atoms with E-state index in [-0.39, 0.29) is 11.7 Å². The summed E-state index contributed by atoms with van der Waals surface area (Å²) in [6.07, 6.45) is 1.99. The molecule has 1 aromatic rings. The zero-order valence-corrected chi connectivity index (χ0v) is 10.2. The number of amides is 1. The van der Waals surface area contributed by atoms with Crippen LogP contribution in [0.5, 0.6) is 5.75 Å². The van der Waals surface area contributed by atoms with Crippen LogP contribution in [0.15, 0.2) is 18.2 Å². The van der Waals surface area contributed by atoms with Crippen molar-refractivity contribution in [3.8, 4) is 11.8 Å².